The van der Waals surface area contributed by atoms with Crippen LogP contribution in [0.1, 0.15) is 17.3 Å². The predicted octanol–water partition coefficient (Wildman–Crippen LogP) is 4.07. The van der Waals surface area contributed by atoms with E-state index in [9.17, 15) is 22.8 Å². The molecule has 184 valence electrons. The van der Waals surface area contributed by atoms with Gasteiger partial charge in [-0.05, 0) is 49.4 Å². The van der Waals surface area contributed by atoms with E-state index in [4.69, 9.17) is 15.2 Å². The fourth-order valence-corrected chi connectivity index (χ4v) is 3.20. The fraction of sp³-hybridized carbons (Fsp3) is 0.0833. The molecular formula is C24H18F3N5O4. The second kappa shape index (κ2) is 10.2. The number of nitrogen functional groups attached to an aromatic ring is 1. The Morgan fingerprint density at radius 1 is 1.08 bits per heavy atom. The molecule has 2 aromatic heterocycles. The zero-order chi connectivity index (χ0) is 25.8. The van der Waals surface area contributed by atoms with Crippen LogP contribution < -0.4 is 26.1 Å². The Morgan fingerprint density at radius 3 is 2.53 bits per heavy atom. The topological polar surface area (TPSA) is 121 Å². The lowest BCUT2D eigenvalue weighted by atomic mass is 10.2. The van der Waals surface area contributed by atoms with Gasteiger partial charge in [-0.3, -0.25) is 14.2 Å². The van der Waals surface area contributed by atoms with Gasteiger partial charge in [0, 0.05) is 18.0 Å². The second-order valence-electron chi connectivity index (χ2n) is 7.22. The van der Waals surface area contributed by atoms with Gasteiger partial charge in [-0.25, -0.2) is 13.8 Å². The fourth-order valence-electron chi connectivity index (χ4n) is 3.20. The predicted molar refractivity (Wildman–Crippen MR) is 124 cm³/mol. The summed E-state index contributed by atoms with van der Waals surface area (Å²) in [7, 11) is 0. The highest BCUT2D eigenvalue weighted by molar-refractivity contribution is 6.06. The van der Waals surface area contributed by atoms with Crippen molar-refractivity contribution in [3.8, 4) is 23.1 Å². The van der Waals surface area contributed by atoms with E-state index in [0.717, 1.165) is 23.0 Å². The van der Waals surface area contributed by atoms with Crippen LogP contribution >= 0.6 is 0 Å². The zero-order valence-electron chi connectivity index (χ0n) is 18.7. The third kappa shape index (κ3) is 4.97. The van der Waals surface area contributed by atoms with Gasteiger partial charge in [-0.15, -0.1) is 0 Å². The van der Waals surface area contributed by atoms with Crippen LogP contribution in [-0.2, 0) is 0 Å². The molecule has 4 rings (SSSR count). The van der Waals surface area contributed by atoms with Gasteiger partial charge in [0.05, 0.1) is 12.3 Å². The highest BCUT2D eigenvalue weighted by Gasteiger charge is 2.22. The van der Waals surface area contributed by atoms with Gasteiger partial charge in [0.15, 0.2) is 5.82 Å². The van der Waals surface area contributed by atoms with Gasteiger partial charge in [0.25, 0.3) is 17.3 Å². The van der Waals surface area contributed by atoms with E-state index in [0.29, 0.717) is 5.69 Å². The van der Waals surface area contributed by atoms with Crippen molar-refractivity contribution >= 4 is 17.4 Å². The highest BCUT2D eigenvalue weighted by Crippen LogP contribution is 2.28. The molecule has 2 aromatic carbocycles. The van der Waals surface area contributed by atoms with Crippen molar-refractivity contribution in [2.75, 3.05) is 17.7 Å². The lowest BCUT2D eigenvalue weighted by Crippen LogP contribution is -2.29. The van der Waals surface area contributed by atoms with E-state index in [1.54, 1.807) is 6.92 Å². The molecule has 0 saturated heterocycles. The average molecular weight is 497 g/mol. The molecular weight excluding hydrogens is 479 g/mol. The summed E-state index contributed by atoms with van der Waals surface area (Å²) in [5, 5.41) is 2.32. The first-order chi connectivity index (χ1) is 17.3. The van der Waals surface area contributed by atoms with Crippen molar-refractivity contribution < 1.29 is 27.4 Å². The van der Waals surface area contributed by atoms with E-state index in [2.05, 4.69) is 15.3 Å². The third-order valence-corrected chi connectivity index (χ3v) is 4.87. The van der Waals surface area contributed by atoms with Gasteiger partial charge in [-0.2, -0.15) is 9.37 Å². The van der Waals surface area contributed by atoms with Gasteiger partial charge in [-0.1, -0.05) is 0 Å². The number of amides is 1. The molecule has 0 atom stereocenters. The van der Waals surface area contributed by atoms with Gasteiger partial charge < -0.3 is 20.5 Å². The molecule has 2 heterocycles. The molecule has 3 N–H and O–H groups in total. The number of nitrogens with one attached hydrogen (secondary N) is 1. The minimum absolute atomic E-state index is 0.0180. The molecule has 0 spiro atoms. The number of nitrogens with zero attached hydrogens (tertiary/aromatic N) is 3. The number of pyridine rings is 1. The summed E-state index contributed by atoms with van der Waals surface area (Å²) in [4.78, 5) is 33.2. The van der Waals surface area contributed by atoms with Crippen molar-refractivity contribution in [2.24, 2.45) is 0 Å². The van der Waals surface area contributed by atoms with Gasteiger partial charge >= 0.3 is 0 Å². The Hall–Kier alpha value is -4.87. The molecule has 0 saturated carbocycles. The lowest BCUT2D eigenvalue weighted by Gasteiger charge is -2.14. The third-order valence-electron chi connectivity index (χ3n) is 4.87. The number of carbonyl (C=O) groups is 1. The molecule has 9 nitrogen and oxygen atoms in total. The van der Waals surface area contributed by atoms with Gasteiger partial charge in [0.2, 0.25) is 5.82 Å². The summed E-state index contributed by atoms with van der Waals surface area (Å²) in [5.74, 6) is -4.48. The SMILES string of the molecule is CCOc1ccn(-c2ccc(F)cc2)c(=O)c1C(=O)Nc1ccc(Oc2ncnc(N)c2F)cc1F. The number of rotatable bonds is 7. The minimum atomic E-state index is -1.01. The minimum Gasteiger partial charge on any atom is -0.493 e. The van der Waals surface area contributed by atoms with Crippen molar-refractivity contribution in [1.82, 2.24) is 14.5 Å². The van der Waals surface area contributed by atoms with Crippen LogP contribution in [-0.4, -0.2) is 27.0 Å². The monoisotopic (exact) mass is 497 g/mol. The maximum absolute atomic E-state index is 14.7. The molecule has 0 aliphatic heterocycles. The number of halogens is 3. The van der Waals surface area contributed by atoms with Crippen LogP contribution in [0.4, 0.5) is 24.7 Å². The number of aromatic nitrogens is 3. The molecule has 4 aromatic rings. The Bertz CT molecular complexity index is 1490. The van der Waals surface area contributed by atoms with E-state index in [-0.39, 0.29) is 29.4 Å². The molecule has 0 aliphatic carbocycles. The zero-order valence-corrected chi connectivity index (χ0v) is 18.7. The second-order valence-corrected chi connectivity index (χ2v) is 7.22. The van der Waals surface area contributed by atoms with E-state index >= 15 is 0 Å². The normalized spacial score (nSPS) is 10.7. The summed E-state index contributed by atoms with van der Waals surface area (Å²) >= 11 is 0. The smallest absolute Gasteiger partial charge is 0.271 e. The van der Waals surface area contributed by atoms with Crippen molar-refractivity contribution in [1.29, 1.82) is 0 Å². The maximum Gasteiger partial charge on any atom is 0.271 e. The lowest BCUT2D eigenvalue weighted by molar-refractivity contribution is 0.102. The first-order valence-electron chi connectivity index (χ1n) is 10.5. The number of benzene rings is 2. The van der Waals surface area contributed by atoms with Crippen LogP contribution in [0.5, 0.6) is 17.4 Å². The largest absolute Gasteiger partial charge is 0.493 e. The highest BCUT2D eigenvalue weighted by atomic mass is 19.1. The first kappa shape index (κ1) is 24.3. The van der Waals surface area contributed by atoms with Gasteiger partial charge in [0.1, 0.15) is 35.0 Å². The molecule has 36 heavy (non-hydrogen) atoms. The van der Waals surface area contributed by atoms with E-state index in [1.165, 1.54) is 42.6 Å². The summed E-state index contributed by atoms with van der Waals surface area (Å²) in [6.45, 7) is 1.82. The molecule has 1 amide bonds. The van der Waals surface area contributed by atoms with Crippen LogP contribution in [0.2, 0.25) is 0 Å². The molecule has 12 heteroatoms. The number of nitrogens with two attached hydrogens (primary N) is 1. The summed E-state index contributed by atoms with van der Waals surface area (Å²) in [6, 6.07) is 9.76. The maximum atomic E-state index is 14.7. The van der Waals surface area contributed by atoms with E-state index in [1.807, 2.05) is 0 Å². The average Bonchev–Trinajstić information content (AvgIpc) is 2.85. The van der Waals surface area contributed by atoms with Crippen LogP contribution in [0.25, 0.3) is 5.69 Å². The standard InChI is InChI=1S/C24H18F3N5O4/c1-2-35-18-9-10-32(14-5-3-13(25)4-6-14)24(34)19(18)22(33)31-17-8-7-15(11-16(17)26)36-23-20(27)21(28)29-12-30-23/h3-12H,2H2,1H3,(H,31,33)(H2,28,29,30). The van der Waals surface area contributed by atoms with Crippen molar-refractivity contribution in [2.45, 2.75) is 6.92 Å². The molecule has 0 radical (unpaired) electrons. The molecule has 0 bridgehead atoms. The molecule has 0 aliphatic rings. The Kier molecular flexibility index (Phi) is 6.86. The Balaban J connectivity index is 1.63. The number of ether oxygens (including phenoxy) is 2. The van der Waals surface area contributed by atoms with E-state index < -0.39 is 40.6 Å². The van der Waals surface area contributed by atoms with Crippen LogP contribution in [0, 0.1) is 17.5 Å². The Labute approximate surface area is 202 Å². The first-order valence-corrected chi connectivity index (χ1v) is 10.5. The quantitative estimate of drug-likeness (QED) is 0.395. The number of hydrogen-bond acceptors (Lipinski definition) is 7. The summed E-state index contributed by atoms with van der Waals surface area (Å²) in [6.07, 6.45) is 2.36. The summed E-state index contributed by atoms with van der Waals surface area (Å²) in [5.41, 5.74) is 4.23. The number of hydrogen-bond donors (Lipinski definition) is 2. The number of carbonyl (C=O) groups excluding carboxylic acids is 1. The van der Waals surface area contributed by atoms with Crippen LogP contribution in [0.15, 0.2) is 65.8 Å². The Morgan fingerprint density at radius 2 is 1.83 bits per heavy atom. The molecule has 0 unspecified atom stereocenters. The number of anilines is 2. The van der Waals surface area contributed by atoms with Crippen LogP contribution in [0.3, 0.4) is 0 Å². The summed E-state index contributed by atoms with van der Waals surface area (Å²) < 4.78 is 53.7. The van der Waals surface area contributed by atoms with Crippen molar-refractivity contribution in [3.63, 3.8) is 0 Å². The van der Waals surface area contributed by atoms with Crippen molar-refractivity contribution in [3.05, 3.63) is 94.4 Å². The molecule has 0 fully saturated rings.